The molecule has 0 fully saturated rings. The number of ether oxygens (including phenoxy) is 1. The molecule has 1 aromatic carbocycles. The Hall–Kier alpha value is -1.71. The van der Waals surface area contributed by atoms with Gasteiger partial charge >= 0.3 is 5.97 Å². The summed E-state index contributed by atoms with van der Waals surface area (Å²) >= 11 is 0. The number of benzene rings is 1. The molecule has 2 rings (SSSR count). The number of carbonyl (C=O) groups is 1. The second-order valence-corrected chi connectivity index (χ2v) is 4.73. The van der Waals surface area contributed by atoms with E-state index in [-0.39, 0.29) is 5.97 Å². The van der Waals surface area contributed by atoms with Gasteiger partial charge in [-0.3, -0.25) is 9.78 Å². The largest absolute Gasteiger partial charge is 0.456 e. The third-order valence-corrected chi connectivity index (χ3v) is 3.01. The van der Waals surface area contributed by atoms with Gasteiger partial charge in [0.25, 0.3) is 0 Å². The highest BCUT2D eigenvalue weighted by atomic mass is 17.2. The van der Waals surface area contributed by atoms with Crippen molar-refractivity contribution in [2.75, 3.05) is 0 Å². The Labute approximate surface area is 100 Å². The molecule has 0 atom stereocenters. The SMILES string of the molecule is CCC(C)(C)OC(=O)c1ccc2c(C)c1OO2. The second kappa shape index (κ2) is 3.95. The zero-order valence-corrected chi connectivity index (χ0v) is 10.5. The summed E-state index contributed by atoms with van der Waals surface area (Å²) in [4.78, 5) is 22.0. The number of rotatable bonds is 3. The maximum atomic E-state index is 12.0. The van der Waals surface area contributed by atoms with E-state index in [4.69, 9.17) is 14.5 Å². The Morgan fingerprint density at radius 3 is 2.71 bits per heavy atom. The lowest BCUT2D eigenvalue weighted by molar-refractivity contribution is -0.0856. The van der Waals surface area contributed by atoms with Gasteiger partial charge in [0.1, 0.15) is 11.2 Å². The number of carbonyl (C=O) groups excluding carboxylic acids is 1. The predicted octanol–water partition coefficient (Wildman–Crippen LogP) is 3.03. The maximum absolute atomic E-state index is 12.0. The van der Waals surface area contributed by atoms with Crippen LogP contribution in [-0.4, -0.2) is 11.6 Å². The minimum Gasteiger partial charge on any atom is -0.456 e. The molecule has 0 unspecified atom stereocenters. The number of hydrogen-bond acceptors (Lipinski definition) is 4. The molecule has 0 aliphatic carbocycles. The monoisotopic (exact) mass is 236 g/mol. The molecule has 2 bridgehead atoms. The summed E-state index contributed by atoms with van der Waals surface area (Å²) in [6.07, 6.45) is 0.752. The minimum absolute atomic E-state index is 0.382. The third kappa shape index (κ3) is 2.07. The van der Waals surface area contributed by atoms with Gasteiger partial charge in [0.2, 0.25) is 0 Å². The second-order valence-electron chi connectivity index (χ2n) is 4.73. The molecule has 4 nitrogen and oxygen atoms in total. The van der Waals surface area contributed by atoms with Crippen molar-refractivity contribution in [3.8, 4) is 11.5 Å². The van der Waals surface area contributed by atoms with Crippen molar-refractivity contribution < 1.29 is 19.3 Å². The quantitative estimate of drug-likeness (QED) is 0.597. The maximum Gasteiger partial charge on any atom is 0.342 e. The van der Waals surface area contributed by atoms with Gasteiger partial charge in [-0.2, -0.15) is 0 Å². The standard InChI is InChI=1S/C13H16O4/c1-5-13(3,4)15-12(14)9-6-7-10-8(2)11(9)17-16-10/h6-7H,5H2,1-4H3. The average molecular weight is 236 g/mol. The van der Waals surface area contributed by atoms with Crippen LogP contribution in [0.25, 0.3) is 0 Å². The van der Waals surface area contributed by atoms with Gasteiger partial charge in [0.15, 0.2) is 11.5 Å². The molecular formula is C13H16O4. The van der Waals surface area contributed by atoms with Crippen molar-refractivity contribution in [3.63, 3.8) is 0 Å². The van der Waals surface area contributed by atoms with Crippen molar-refractivity contribution >= 4 is 5.97 Å². The summed E-state index contributed by atoms with van der Waals surface area (Å²) in [6, 6.07) is 3.38. The van der Waals surface area contributed by atoms with Crippen molar-refractivity contribution in [2.45, 2.75) is 39.7 Å². The molecule has 0 saturated heterocycles. The first-order valence-electron chi connectivity index (χ1n) is 5.66. The van der Waals surface area contributed by atoms with Gasteiger partial charge in [0.05, 0.1) is 0 Å². The summed E-state index contributed by atoms with van der Waals surface area (Å²) in [5, 5.41) is 0. The first kappa shape index (κ1) is 11.8. The molecule has 0 aromatic heterocycles. The van der Waals surface area contributed by atoms with Crippen LogP contribution in [0.4, 0.5) is 0 Å². The van der Waals surface area contributed by atoms with E-state index in [1.54, 1.807) is 12.1 Å². The first-order valence-corrected chi connectivity index (χ1v) is 5.66. The van der Waals surface area contributed by atoms with Crippen LogP contribution in [-0.2, 0) is 4.74 Å². The Balaban J connectivity index is 2.26. The van der Waals surface area contributed by atoms with Gasteiger partial charge in [-0.1, -0.05) is 6.92 Å². The number of esters is 1. The van der Waals surface area contributed by atoms with Crippen molar-refractivity contribution in [1.29, 1.82) is 0 Å². The van der Waals surface area contributed by atoms with Gasteiger partial charge < -0.3 is 4.74 Å². The molecule has 4 heteroatoms. The van der Waals surface area contributed by atoms with E-state index >= 15 is 0 Å². The summed E-state index contributed by atoms with van der Waals surface area (Å²) in [5.41, 5.74) is 0.759. The van der Waals surface area contributed by atoms with Crippen LogP contribution in [0.2, 0.25) is 0 Å². The minimum atomic E-state index is -0.476. The normalized spacial score (nSPS) is 12.9. The van der Waals surface area contributed by atoms with Crippen molar-refractivity contribution in [3.05, 3.63) is 23.3 Å². The zero-order chi connectivity index (χ0) is 12.6. The molecule has 92 valence electrons. The summed E-state index contributed by atoms with van der Waals surface area (Å²) in [6.45, 7) is 7.57. The van der Waals surface area contributed by atoms with Crippen LogP contribution >= 0.6 is 0 Å². The highest BCUT2D eigenvalue weighted by molar-refractivity contribution is 5.94. The zero-order valence-electron chi connectivity index (χ0n) is 10.5. The van der Waals surface area contributed by atoms with E-state index < -0.39 is 5.60 Å². The lowest BCUT2D eigenvalue weighted by Crippen LogP contribution is -2.27. The molecule has 1 heterocycles. The third-order valence-electron chi connectivity index (χ3n) is 3.01. The van der Waals surface area contributed by atoms with Crippen LogP contribution in [0.1, 0.15) is 43.1 Å². The summed E-state index contributed by atoms with van der Waals surface area (Å²) < 4.78 is 5.42. The topological polar surface area (TPSA) is 44.8 Å². The van der Waals surface area contributed by atoms with Crippen LogP contribution in [0, 0.1) is 6.92 Å². The lowest BCUT2D eigenvalue weighted by atomic mass is 10.1. The van der Waals surface area contributed by atoms with E-state index in [1.165, 1.54) is 0 Å². The summed E-state index contributed by atoms with van der Waals surface area (Å²) in [5.74, 6) is 0.720. The highest BCUT2D eigenvalue weighted by Crippen LogP contribution is 2.37. The molecule has 0 radical (unpaired) electrons. The van der Waals surface area contributed by atoms with E-state index in [2.05, 4.69) is 0 Å². The van der Waals surface area contributed by atoms with Gasteiger partial charge in [-0.25, -0.2) is 4.79 Å². The highest BCUT2D eigenvalue weighted by Gasteiger charge is 2.29. The Kier molecular flexibility index (Phi) is 2.73. The van der Waals surface area contributed by atoms with Crippen molar-refractivity contribution in [2.24, 2.45) is 0 Å². The Morgan fingerprint density at radius 1 is 1.35 bits per heavy atom. The van der Waals surface area contributed by atoms with Gasteiger partial charge in [-0.05, 0) is 39.3 Å². The van der Waals surface area contributed by atoms with E-state index in [0.717, 1.165) is 12.0 Å². The van der Waals surface area contributed by atoms with Crippen LogP contribution in [0.3, 0.4) is 0 Å². The fourth-order valence-corrected chi connectivity index (χ4v) is 1.50. The Bertz CT molecular complexity index is 463. The fourth-order valence-electron chi connectivity index (χ4n) is 1.50. The molecular weight excluding hydrogens is 220 g/mol. The molecule has 0 saturated carbocycles. The molecule has 1 aromatic rings. The number of hydrogen-bond donors (Lipinski definition) is 0. The molecule has 1 aliphatic heterocycles. The van der Waals surface area contributed by atoms with Gasteiger partial charge in [0, 0.05) is 5.56 Å². The molecule has 0 spiro atoms. The average Bonchev–Trinajstić information content (AvgIpc) is 2.52. The molecule has 1 aliphatic rings. The van der Waals surface area contributed by atoms with Crippen LogP contribution in [0.15, 0.2) is 12.1 Å². The van der Waals surface area contributed by atoms with Crippen LogP contribution < -0.4 is 9.78 Å². The van der Waals surface area contributed by atoms with E-state index in [1.807, 2.05) is 27.7 Å². The Morgan fingerprint density at radius 2 is 2.06 bits per heavy atom. The number of fused-ring (bicyclic) bond motifs is 2. The van der Waals surface area contributed by atoms with Gasteiger partial charge in [-0.15, -0.1) is 0 Å². The fraction of sp³-hybridized carbons (Fsp3) is 0.462. The van der Waals surface area contributed by atoms with E-state index in [9.17, 15) is 4.79 Å². The smallest absolute Gasteiger partial charge is 0.342 e. The predicted molar refractivity (Wildman–Crippen MR) is 62.2 cm³/mol. The van der Waals surface area contributed by atoms with E-state index in [0.29, 0.717) is 17.1 Å². The first-order chi connectivity index (χ1) is 7.94. The molecule has 0 amide bonds. The molecule has 0 N–H and O–H groups in total. The lowest BCUT2D eigenvalue weighted by Gasteiger charge is -2.23. The molecule has 17 heavy (non-hydrogen) atoms. The van der Waals surface area contributed by atoms with Crippen LogP contribution in [0.5, 0.6) is 11.5 Å². The summed E-state index contributed by atoms with van der Waals surface area (Å²) in [7, 11) is 0. The van der Waals surface area contributed by atoms with Crippen molar-refractivity contribution in [1.82, 2.24) is 0 Å².